The van der Waals surface area contributed by atoms with Crippen LogP contribution in [0, 0.1) is 18.8 Å². The van der Waals surface area contributed by atoms with Gasteiger partial charge in [0.25, 0.3) is 0 Å². The first-order valence-corrected chi connectivity index (χ1v) is 6.01. The first-order valence-electron chi connectivity index (χ1n) is 6.01. The zero-order valence-electron chi connectivity index (χ0n) is 11.0. The third kappa shape index (κ3) is 3.93. The van der Waals surface area contributed by atoms with Crippen LogP contribution in [0.5, 0.6) is 0 Å². The predicted molar refractivity (Wildman–Crippen MR) is 73.8 cm³/mol. The molecule has 2 aromatic rings. The van der Waals surface area contributed by atoms with E-state index in [4.69, 9.17) is 5.11 Å². The Balaban J connectivity index is 2.08. The molecule has 2 rings (SSSR count). The molecule has 1 aromatic heterocycles. The van der Waals surface area contributed by atoms with E-state index in [0.29, 0.717) is 5.69 Å². The maximum Gasteiger partial charge on any atom is 0.246 e. The fourth-order valence-corrected chi connectivity index (χ4v) is 1.73. The van der Waals surface area contributed by atoms with Crippen molar-refractivity contribution in [3.8, 4) is 11.8 Å². The molecule has 1 aromatic carbocycles. The van der Waals surface area contributed by atoms with Crippen molar-refractivity contribution >= 4 is 11.6 Å². The van der Waals surface area contributed by atoms with Gasteiger partial charge in [0.2, 0.25) is 5.91 Å². The van der Waals surface area contributed by atoms with Crippen LogP contribution in [0.2, 0.25) is 0 Å². The second-order valence-corrected chi connectivity index (χ2v) is 4.19. The predicted octanol–water partition coefficient (Wildman–Crippen LogP) is 0.569. The number of aromatic nitrogens is 3. The van der Waals surface area contributed by atoms with E-state index in [0.717, 1.165) is 11.1 Å². The summed E-state index contributed by atoms with van der Waals surface area (Å²) < 4.78 is 1.44. The topological polar surface area (TPSA) is 80.0 Å². The van der Waals surface area contributed by atoms with Crippen molar-refractivity contribution in [2.24, 2.45) is 0 Å². The van der Waals surface area contributed by atoms with Gasteiger partial charge in [-0.3, -0.25) is 4.79 Å². The normalized spacial score (nSPS) is 9.70. The molecule has 0 spiro atoms. The molecule has 0 bridgehead atoms. The van der Waals surface area contributed by atoms with Crippen molar-refractivity contribution in [1.82, 2.24) is 14.8 Å². The van der Waals surface area contributed by atoms with Gasteiger partial charge in [-0.05, 0) is 30.7 Å². The molecule has 102 valence electrons. The minimum atomic E-state index is -0.193. The molecule has 1 amide bonds. The van der Waals surface area contributed by atoms with Gasteiger partial charge >= 0.3 is 0 Å². The second kappa shape index (κ2) is 6.50. The van der Waals surface area contributed by atoms with Crippen molar-refractivity contribution in [2.75, 3.05) is 11.9 Å². The van der Waals surface area contributed by atoms with E-state index < -0.39 is 0 Å². The number of carbonyl (C=O) groups is 1. The monoisotopic (exact) mass is 270 g/mol. The average molecular weight is 270 g/mol. The Bertz CT molecular complexity index is 654. The minimum absolute atomic E-state index is 0.103. The molecule has 20 heavy (non-hydrogen) atoms. The van der Waals surface area contributed by atoms with Crippen LogP contribution in [-0.2, 0) is 11.3 Å². The molecule has 0 aliphatic carbocycles. The van der Waals surface area contributed by atoms with Crippen molar-refractivity contribution in [1.29, 1.82) is 0 Å². The Morgan fingerprint density at radius 1 is 1.45 bits per heavy atom. The molecule has 0 atom stereocenters. The molecule has 0 aliphatic rings. The van der Waals surface area contributed by atoms with Gasteiger partial charge < -0.3 is 10.4 Å². The number of anilines is 1. The SMILES string of the molecule is Cc1cc(C#CCO)cc(NC(=O)Cn2cncn2)c1. The fraction of sp³-hybridized carbons (Fsp3) is 0.214. The molecule has 0 fully saturated rings. The van der Waals surface area contributed by atoms with Crippen LogP contribution in [0.25, 0.3) is 0 Å². The summed E-state index contributed by atoms with van der Waals surface area (Å²) in [6.45, 7) is 1.82. The lowest BCUT2D eigenvalue weighted by Crippen LogP contribution is -2.19. The van der Waals surface area contributed by atoms with Crippen LogP contribution in [0.3, 0.4) is 0 Å². The molecule has 2 N–H and O–H groups in total. The molecule has 6 heteroatoms. The maximum absolute atomic E-state index is 11.8. The molecule has 0 unspecified atom stereocenters. The van der Waals surface area contributed by atoms with Gasteiger partial charge in [0.05, 0.1) is 0 Å². The lowest BCUT2D eigenvalue weighted by Gasteiger charge is -2.07. The Morgan fingerprint density at radius 2 is 2.30 bits per heavy atom. The molecule has 0 saturated carbocycles. The number of amides is 1. The number of benzene rings is 1. The van der Waals surface area contributed by atoms with E-state index in [2.05, 4.69) is 27.2 Å². The van der Waals surface area contributed by atoms with Crippen LogP contribution < -0.4 is 5.32 Å². The highest BCUT2D eigenvalue weighted by atomic mass is 16.2. The summed E-state index contributed by atoms with van der Waals surface area (Å²) in [4.78, 5) is 15.6. The van der Waals surface area contributed by atoms with E-state index in [1.807, 2.05) is 19.1 Å². The van der Waals surface area contributed by atoms with Crippen molar-refractivity contribution in [3.63, 3.8) is 0 Å². The van der Waals surface area contributed by atoms with Crippen molar-refractivity contribution in [2.45, 2.75) is 13.5 Å². The fourth-order valence-electron chi connectivity index (χ4n) is 1.73. The van der Waals surface area contributed by atoms with Gasteiger partial charge in [0, 0.05) is 11.3 Å². The summed E-state index contributed by atoms with van der Waals surface area (Å²) >= 11 is 0. The van der Waals surface area contributed by atoms with E-state index in [-0.39, 0.29) is 19.1 Å². The first-order chi connectivity index (χ1) is 9.67. The number of hydrogen-bond donors (Lipinski definition) is 2. The van der Waals surface area contributed by atoms with Gasteiger partial charge in [0.1, 0.15) is 25.8 Å². The van der Waals surface area contributed by atoms with Crippen LogP contribution >= 0.6 is 0 Å². The second-order valence-electron chi connectivity index (χ2n) is 4.19. The lowest BCUT2D eigenvalue weighted by molar-refractivity contribution is -0.116. The van der Waals surface area contributed by atoms with Gasteiger partial charge in [-0.15, -0.1) is 0 Å². The number of aliphatic hydroxyl groups excluding tert-OH is 1. The molecule has 0 radical (unpaired) electrons. The zero-order chi connectivity index (χ0) is 14.4. The third-order valence-electron chi connectivity index (χ3n) is 2.45. The largest absolute Gasteiger partial charge is 0.384 e. The molecular weight excluding hydrogens is 256 g/mol. The quantitative estimate of drug-likeness (QED) is 0.799. The Hall–Kier alpha value is -2.65. The van der Waals surface area contributed by atoms with Gasteiger partial charge in [-0.2, -0.15) is 5.10 Å². The van der Waals surface area contributed by atoms with Gasteiger partial charge in [-0.25, -0.2) is 9.67 Å². The van der Waals surface area contributed by atoms with Crippen molar-refractivity contribution in [3.05, 3.63) is 42.0 Å². The maximum atomic E-state index is 11.8. The van der Waals surface area contributed by atoms with E-state index in [9.17, 15) is 4.79 Å². The van der Waals surface area contributed by atoms with Crippen LogP contribution in [-0.4, -0.2) is 32.4 Å². The molecule has 1 heterocycles. The number of aryl methyl sites for hydroxylation is 1. The number of hydrogen-bond acceptors (Lipinski definition) is 4. The number of carbonyl (C=O) groups excluding carboxylic acids is 1. The Labute approximate surface area is 116 Å². The first kappa shape index (κ1) is 13.8. The number of rotatable bonds is 3. The Kier molecular flexibility index (Phi) is 4.47. The van der Waals surface area contributed by atoms with Gasteiger partial charge in [0.15, 0.2) is 0 Å². The molecule has 0 aliphatic heterocycles. The summed E-state index contributed by atoms with van der Waals surface area (Å²) in [5, 5.41) is 15.3. The highest BCUT2D eigenvalue weighted by Crippen LogP contribution is 2.14. The van der Waals surface area contributed by atoms with Crippen LogP contribution in [0.15, 0.2) is 30.9 Å². The third-order valence-corrected chi connectivity index (χ3v) is 2.45. The van der Waals surface area contributed by atoms with E-state index in [1.165, 1.54) is 17.3 Å². The number of nitrogens with zero attached hydrogens (tertiary/aromatic N) is 3. The number of aliphatic hydroxyl groups is 1. The standard InChI is InChI=1S/C14H14N4O2/c1-11-5-12(3-2-4-19)7-13(6-11)17-14(20)8-18-10-15-9-16-18/h5-7,9-10,19H,4,8H2,1H3,(H,17,20). The highest BCUT2D eigenvalue weighted by molar-refractivity contribution is 5.90. The number of nitrogens with one attached hydrogen (secondary N) is 1. The summed E-state index contributed by atoms with van der Waals surface area (Å²) in [6, 6.07) is 5.49. The van der Waals surface area contributed by atoms with Crippen LogP contribution in [0.1, 0.15) is 11.1 Å². The summed E-state index contributed by atoms with van der Waals surface area (Å²) in [5.74, 6) is 5.20. The summed E-state index contributed by atoms with van der Waals surface area (Å²) in [7, 11) is 0. The van der Waals surface area contributed by atoms with Gasteiger partial charge in [-0.1, -0.05) is 11.8 Å². The molecule has 6 nitrogen and oxygen atoms in total. The zero-order valence-corrected chi connectivity index (χ0v) is 11.0. The lowest BCUT2D eigenvalue weighted by atomic mass is 10.1. The minimum Gasteiger partial charge on any atom is -0.384 e. The van der Waals surface area contributed by atoms with Crippen molar-refractivity contribution < 1.29 is 9.90 Å². The molecular formula is C14H14N4O2. The smallest absolute Gasteiger partial charge is 0.246 e. The van der Waals surface area contributed by atoms with Crippen LogP contribution in [0.4, 0.5) is 5.69 Å². The van der Waals surface area contributed by atoms with E-state index in [1.54, 1.807) is 6.07 Å². The Morgan fingerprint density at radius 3 is 3.00 bits per heavy atom. The molecule has 0 saturated heterocycles. The average Bonchev–Trinajstić information content (AvgIpc) is 2.88. The summed E-state index contributed by atoms with van der Waals surface area (Å²) in [6.07, 6.45) is 2.86. The highest BCUT2D eigenvalue weighted by Gasteiger charge is 2.05. The van der Waals surface area contributed by atoms with E-state index >= 15 is 0 Å². The summed E-state index contributed by atoms with van der Waals surface area (Å²) in [5.41, 5.74) is 2.39.